The van der Waals surface area contributed by atoms with Crippen LogP contribution in [0.2, 0.25) is 5.02 Å². The van der Waals surface area contributed by atoms with Crippen molar-refractivity contribution in [3.05, 3.63) is 62.6 Å². The molecule has 0 bridgehead atoms. The Morgan fingerprint density at radius 3 is 3.00 bits per heavy atom. The summed E-state index contributed by atoms with van der Waals surface area (Å²) in [4.78, 5) is 0. The van der Waals surface area contributed by atoms with E-state index in [1.54, 1.807) is 18.3 Å². The zero-order valence-electron chi connectivity index (χ0n) is 15.2. The lowest BCUT2D eigenvalue weighted by atomic mass is 10.1. The summed E-state index contributed by atoms with van der Waals surface area (Å²) in [5.41, 5.74) is 2.98. The number of fused-ring (bicyclic) bond motifs is 1. The average molecular weight is 417 g/mol. The molecule has 2 aromatic carbocycles. The van der Waals surface area contributed by atoms with E-state index in [1.165, 1.54) is 10.2 Å². The van der Waals surface area contributed by atoms with Gasteiger partial charge < -0.3 is 14.2 Å². The van der Waals surface area contributed by atoms with Gasteiger partial charge in [-0.3, -0.25) is 0 Å². The smallest absolute Gasteiger partial charge is 0.231 e. The summed E-state index contributed by atoms with van der Waals surface area (Å²) >= 11 is 11.5. The summed E-state index contributed by atoms with van der Waals surface area (Å²) < 4.78 is 18.4. The zero-order chi connectivity index (χ0) is 19.7. The highest BCUT2D eigenvalue weighted by Crippen LogP contribution is 2.39. The minimum Gasteiger partial charge on any atom is -0.485 e. The van der Waals surface area contributed by atoms with Crippen LogP contribution in [0, 0.1) is 18.6 Å². The van der Waals surface area contributed by atoms with Gasteiger partial charge in [0.05, 0.1) is 11.2 Å². The van der Waals surface area contributed by atoms with E-state index in [9.17, 15) is 0 Å². The van der Waals surface area contributed by atoms with Gasteiger partial charge in [0.1, 0.15) is 12.4 Å². The van der Waals surface area contributed by atoms with Gasteiger partial charge in [-0.15, -0.1) is 0 Å². The molecule has 1 aliphatic heterocycles. The van der Waals surface area contributed by atoms with E-state index >= 15 is 0 Å². The largest absolute Gasteiger partial charge is 0.485 e. The number of benzene rings is 2. The second kappa shape index (κ2) is 7.65. The Bertz CT molecular complexity index is 1120. The molecule has 3 aromatic rings. The van der Waals surface area contributed by atoms with Gasteiger partial charge in [0, 0.05) is 0 Å². The summed E-state index contributed by atoms with van der Waals surface area (Å²) in [7, 11) is 0. The average Bonchev–Trinajstić information content (AvgIpc) is 3.26. The van der Waals surface area contributed by atoms with Crippen LogP contribution in [-0.4, -0.2) is 27.9 Å². The molecule has 0 radical (unpaired) electrons. The van der Waals surface area contributed by atoms with Crippen molar-refractivity contribution in [2.75, 3.05) is 6.79 Å². The lowest BCUT2D eigenvalue weighted by Gasteiger charge is -2.09. The molecular formula is C19H17ClN4O3S. The maximum absolute atomic E-state index is 6.21. The van der Waals surface area contributed by atoms with Gasteiger partial charge >= 0.3 is 0 Å². The summed E-state index contributed by atoms with van der Waals surface area (Å²) in [6.45, 7) is 4.42. The molecule has 7 nitrogen and oxygen atoms in total. The fraction of sp³-hybridized carbons (Fsp3) is 0.211. The molecular weight excluding hydrogens is 400 g/mol. The SMILES string of the molecule is Cc1ccc(OCc2n[nH]c(=S)n2/N=C\c2cc(Cl)c3c(c2)OCO3)c(C)c1. The Morgan fingerprint density at radius 1 is 1.32 bits per heavy atom. The molecule has 0 aliphatic carbocycles. The first-order chi connectivity index (χ1) is 13.5. The summed E-state index contributed by atoms with van der Waals surface area (Å²) in [5, 5.41) is 11.8. The van der Waals surface area contributed by atoms with Crippen LogP contribution in [0.25, 0.3) is 0 Å². The van der Waals surface area contributed by atoms with Crippen LogP contribution in [-0.2, 0) is 6.61 Å². The third kappa shape index (κ3) is 3.74. The summed E-state index contributed by atoms with van der Waals surface area (Å²) in [6.07, 6.45) is 1.62. The van der Waals surface area contributed by atoms with E-state index < -0.39 is 0 Å². The molecule has 0 amide bonds. The van der Waals surface area contributed by atoms with Crippen LogP contribution < -0.4 is 14.2 Å². The van der Waals surface area contributed by atoms with Crippen molar-refractivity contribution in [3.8, 4) is 17.2 Å². The van der Waals surface area contributed by atoms with Crippen molar-refractivity contribution in [1.82, 2.24) is 14.9 Å². The maximum Gasteiger partial charge on any atom is 0.231 e. The van der Waals surface area contributed by atoms with Crippen LogP contribution in [0.3, 0.4) is 0 Å². The Morgan fingerprint density at radius 2 is 2.18 bits per heavy atom. The number of H-pyrrole nitrogens is 1. The number of ether oxygens (including phenoxy) is 3. The van der Waals surface area contributed by atoms with E-state index in [4.69, 9.17) is 38.0 Å². The lowest BCUT2D eigenvalue weighted by molar-refractivity contribution is 0.174. The number of aryl methyl sites for hydroxylation is 2. The van der Waals surface area contributed by atoms with E-state index in [-0.39, 0.29) is 13.4 Å². The number of rotatable bonds is 5. The van der Waals surface area contributed by atoms with Crippen LogP contribution in [0.15, 0.2) is 35.4 Å². The molecule has 2 heterocycles. The van der Waals surface area contributed by atoms with Crippen molar-refractivity contribution in [2.45, 2.75) is 20.5 Å². The number of nitrogens with zero attached hydrogens (tertiary/aromatic N) is 3. The van der Waals surface area contributed by atoms with E-state index in [0.29, 0.717) is 27.1 Å². The van der Waals surface area contributed by atoms with Gasteiger partial charge in [0.15, 0.2) is 17.3 Å². The normalized spacial score (nSPS) is 12.7. The Balaban J connectivity index is 1.55. The monoisotopic (exact) mass is 416 g/mol. The minimum atomic E-state index is 0.155. The number of aromatic nitrogens is 3. The number of hydrogen-bond donors (Lipinski definition) is 1. The first-order valence-electron chi connectivity index (χ1n) is 8.51. The third-order valence-corrected chi connectivity index (χ3v) is 4.72. The van der Waals surface area contributed by atoms with E-state index in [0.717, 1.165) is 16.9 Å². The molecule has 0 fully saturated rings. The zero-order valence-corrected chi connectivity index (χ0v) is 16.8. The minimum absolute atomic E-state index is 0.155. The van der Waals surface area contributed by atoms with Crippen LogP contribution >= 0.6 is 23.8 Å². The van der Waals surface area contributed by atoms with Gasteiger partial charge in [-0.25, -0.2) is 5.10 Å². The first-order valence-corrected chi connectivity index (χ1v) is 9.30. The van der Waals surface area contributed by atoms with Crippen LogP contribution in [0.4, 0.5) is 0 Å². The second-order valence-corrected chi connectivity index (χ2v) is 7.09. The first kappa shape index (κ1) is 18.5. The molecule has 1 aromatic heterocycles. The molecule has 9 heteroatoms. The van der Waals surface area contributed by atoms with Gasteiger partial charge in [-0.05, 0) is 55.4 Å². The standard InChI is InChI=1S/C19H17ClN4O3S/c1-11-3-4-15(12(2)5-11)25-9-17-22-23-19(28)24(17)21-8-13-6-14(20)18-16(7-13)26-10-27-18/h3-8H,9-10H2,1-2H3,(H,23,28)/b21-8-. The predicted molar refractivity (Wildman–Crippen MR) is 108 cm³/mol. The molecule has 1 aliphatic rings. The Hall–Kier alpha value is -2.84. The van der Waals surface area contributed by atoms with Crippen molar-refractivity contribution >= 4 is 30.0 Å². The van der Waals surface area contributed by atoms with E-state index in [2.05, 4.69) is 21.4 Å². The summed E-state index contributed by atoms with van der Waals surface area (Å²) in [6, 6.07) is 9.55. The molecule has 4 rings (SSSR count). The molecule has 0 spiro atoms. The second-order valence-electron chi connectivity index (χ2n) is 6.30. The lowest BCUT2D eigenvalue weighted by Crippen LogP contribution is -2.05. The van der Waals surface area contributed by atoms with Gasteiger partial charge in [-0.1, -0.05) is 29.3 Å². The highest BCUT2D eigenvalue weighted by molar-refractivity contribution is 7.71. The van der Waals surface area contributed by atoms with Crippen molar-refractivity contribution in [1.29, 1.82) is 0 Å². The van der Waals surface area contributed by atoms with E-state index in [1.807, 2.05) is 26.0 Å². The fourth-order valence-electron chi connectivity index (χ4n) is 2.83. The predicted octanol–water partition coefficient (Wildman–Crippen LogP) is 4.40. The quantitative estimate of drug-likeness (QED) is 0.493. The van der Waals surface area contributed by atoms with Gasteiger partial charge in [-0.2, -0.15) is 14.9 Å². The highest BCUT2D eigenvalue weighted by Gasteiger charge is 2.18. The van der Waals surface area contributed by atoms with Crippen molar-refractivity contribution < 1.29 is 14.2 Å². The highest BCUT2D eigenvalue weighted by atomic mass is 35.5. The number of nitrogens with one attached hydrogen (secondary N) is 1. The van der Waals surface area contributed by atoms with Crippen LogP contribution in [0.1, 0.15) is 22.5 Å². The third-order valence-electron chi connectivity index (χ3n) is 4.18. The van der Waals surface area contributed by atoms with Gasteiger partial charge in [0.25, 0.3) is 0 Å². The molecule has 144 valence electrons. The topological polar surface area (TPSA) is 73.7 Å². The number of hydrogen-bond acceptors (Lipinski definition) is 6. The molecule has 0 saturated heterocycles. The molecule has 1 N–H and O–H groups in total. The number of halogens is 1. The Labute approximate surface area is 171 Å². The number of aromatic amines is 1. The van der Waals surface area contributed by atoms with Crippen molar-refractivity contribution in [2.24, 2.45) is 5.10 Å². The molecule has 28 heavy (non-hydrogen) atoms. The van der Waals surface area contributed by atoms with Gasteiger partial charge in [0.2, 0.25) is 11.6 Å². The fourth-order valence-corrected chi connectivity index (χ4v) is 3.30. The molecule has 0 atom stereocenters. The van der Waals surface area contributed by atoms with Crippen LogP contribution in [0.5, 0.6) is 17.2 Å². The maximum atomic E-state index is 6.21. The Kier molecular flexibility index (Phi) is 5.06. The van der Waals surface area contributed by atoms with Crippen molar-refractivity contribution in [3.63, 3.8) is 0 Å². The molecule has 0 unspecified atom stereocenters. The molecule has 0 saturated carbocycles. The summed E-state index contributed by atoms with van der Waals surface area (Å²) in [5.74, 6) is 2.47.